The number of anilines is 2. The second-order valence-corrected chi connectivity index (χ2v) is 5.96. The zero-order chi connectivity index (χ0) is 14.6. The van der Waals surface area contributed by atoms with Gasteiger partial charge in [-0.05, 0) is 25.1 Å². The van der Waals surface area contributed by atoms with Crippen LogP contribution in [0.15, 0.2) is 41.7 Å². The summed E-state index contributed by atoms with van der Waals surface area (Å²) in [4.78, 5) is 7.82. The summed E-state index contributed by atoms with van der Waals surface area (Å²) < 4.78 is 26.8. The number of hydrogen-bond acceptors (Lipinski definition) is 5. The van der Waals surface area contributed by atoms with Gasteiger partial charge in [-0.3, -0.25) is 9.71 Å². The van der Waals surface area contributed by atoms with E-state index in [0.29, 0.717) is 18.1 Å². The molecular formula is C12H13ClN4O2S. The predicted molar refractivity (Wildman–Crippen MR) is 78.5 cm³/mol. The van der Waals surface area contributed by atoms with Gasteiger partial charge in [0.2, 0.25) is 0 Å². The van der Waals surface area contributed by atoms with E-state index in [1.54, 1.807) is 12.1 Å². The second kappa shape index (κ2) is 6.06. The van der Waals surface area contributed by atoms with E-state index in [1.165, 1.54) is 24.7 Å². The molecule has 106 valence electrons. The molecule has 8 heteroatoms. The Morgan fingerprint density at radius 3 is 2.60 bits per heavy atom. The third-order valence-electron chi connectivity index (χ3n) is 2.40. The van der Waals surface area contributed by atoms with Crippen molar-refractivity contribution >= 4 is 33.1 Å². The van der Waals surface area contributed by atoms with E-state index in [1.807, 2.05) is 6.92 Å². The van der Waals surface area contributed by atoms with Crippen LogP contribution in [0.5, 0.6) is 0 Å². The maximum absolute atomic E-state index is 12.2. The smallest absolute Gasteiger partial charge is 0.263 e. The van der Waals surface area contributed by atoms with Crippen molar-refractivity contribution in [1.29, 1.82) is 0 Å². The first-order chi connectivity index (χ1) is 9.53. The van der Waals surface area contributed by atoms with Crippen molar-refractivity contribution < 1.29 is 8.42 Å². The monoisotopic (exact) mass is 312 g/mol. The summed E-state index contributed by atoms with van der Waals surface area (Å²) in [5.41, 5.74) is 0.423. The van der Waals surface area contributed by atoms with Crippen LogP contribution >= 0.6 is 11.6 Å². The van der Waals surface area contributed by atoms with Crippen molar-refractivity contribution in [2.45, 2.75) is 11.8 Å². The van der Waals surface area contributed by atoms with Gasteiger partial charge in [-0.2, -0.15) is 0 Å². The van der Waals surface area contributed by atoms with E-state index in [0.717, 1.165) is 0 Å². The molecular weight excluding hydrogens is 300 g/mol. The Morgan fingerprint density at radius 2 is 2.00 bits per heavy atom. The Balaban J connectivity index is 2.28. The summed E-state index contributed by atoms with van der Waals surface area (Å²) in [6.07, 6.45) is 4.25. The van der Waals surface area contributed by atoms with E-state index in [4.69, 9.17) is 11.6 Å². The zero-order valence-corrected chi connectivity index (χ0v) is 12.2. The number of nitrogens with zero attached hydrogens (tertiary/aromatic N) is 2. The van der Waals surface area contributed by atoms with Crippen LogP contribution in [-0.2, 0) is 10.0 Å². The van der Waals surface area contributed by atoms with Crippen LogP contribution in [0.4, 0.5) is 11.5 Å². The van der Waals surface area contributed by atoms with Crippen LogP contribution in [0.1, 0.15) is 6.92 Å². The van der Waals surface area contributed by atoms with Gasteiger partial charge in [0, 0.05) is 25.1 Å². The van der Waals surface area contributed by atoms with E-state index in [2.05, 4.69) is 20.0 Å². The SMILES string of the molecule is CCNc1ncc(S(=O)(=O)Nc2ccncc2)cc1Cl. The van der Waals surface area contributed by atoms with Crippen molar-refractivity contribution in [3.05, 3.63) is 41.8 Å². The Labute approximate surface area is 122 Å². The summed E-state index contributed by atoms with van der Waals surface area (Å²) in [6, 6.07) is 4.47. The van der Waals surface area contributed by atoms with Crippen molar-refractivity contribution in [3.63, 3.8) is 0 Å². The molecule has 0 aliphatic heterocycles. The van der Waals surface area contributed by atoms with Crippen molar-refractivity contribution in [2.75, 3.05) is 16.6 Å². The molecule has 2 aromatic heterocycles. The fraction of sp³-hybridized carbons (Fsp3) is 0.167. The minimum absolute atomic E-state index is 0.000894. The van der Waals surface area contributed by atoms with E-state index < -0.39 is 10.0 Å². The third kappa shape index (κ3) is 3.37. The number of hydrogen-bond donors (Lipinski definition) is 2. The second-order valence-electron chi connectivity index (χ2n) is 3.87. The van der Waals surface area contributed by atoms with Crippen LogP contribution < -0.4 is 10.0 Å². The molecule has 20 heavy (non-hydrogen) atoms. The topological polar surface area (TPSA) is 84.0 Å². The van der Waals surface area contributed by atoms with Gasteiger partial charge in [0.25, 0.3) is 10.0 Å². The van der Waals surface area contributed by atoms with Crippen LogP contribution in [-0.4, -0.2) is 24.9 Å². The molecule has 0 aliphatic rings. The fourth-order valence-electron chi connectivity index (χ4n) is 1.50. The molecule has 0 atom stereocenters. The summed E-state index contributed by atoms with van der Waals surface area (Å²) >= 11 is 5.99. The zero-order valence-electron chi connectivity index (χ0n) is 10.7. The average molecular weight is 313 g/mol. The Bertz CT molecular complexity index is 692. The fourth-order valence-corrected chi connectivity index (χ4v) is 2.83. The summed E-state index contributed by atoms with van der Waals surface area (Å²) in [5, 5.41) is 3.19. The molecule has 0 saturated heterocycles. The third-order valence-corrected chi connectivity index (χ3v) is 4.04. The van der Waals surface area contributed by atoms with Crippen molar-refractivity contribution in [1.82, 2.24) is 9.97 Å². The molecule has 0 saturated carbocycles. The van der Waals surface area contributed by atoms with E-state index in [9.17, 15) is 8.42 Å². The average Bonchev–Trinajstić information content (AvgIpc) is 2.42. The number of nitrogens with one attached hydrogen (secondary N) is 2. The normalized spacial score (nSPS) is 11.1. The molecule has 2 rings (SSSR count). The van der Waals surface area contributed by atoms with Gasteiger partial charge in [0.1, 0.15) is 10.7 Å². The largest absolute Gasteiger partial charge is 0.369 e. The lowest BCUT2D eigenvalue weighted by molar-refractivity contribution is 0.601. The van der Waals surface area contributed by atoms with Gasteiger partial charge >= 0.3 is 0 Å². The highest BCUT2D eigenvalue weighted by atomic mass is 35.5. The number of rotatable bonds is 5. The van der Waals surface area contributed by atoms with Crippen LogP contribution in [0.25, 0.3) is 0 Å². The molecule has 6 nitrogen and oxygen atoms in total. The van der Waals surface area contributed by atoms with Gasteiger partial charge in [-0.15, -0.1) is 0 Å². The van der Waals surface area contributed by atoms with Gasteiger partial charge in [-0.25, -0.2) is 13.4 Å². The molecule has 2 N–H and O–H groups in total. The maximum atomic E-state index is 12.2. The molecule has 0 fully saturated rings. The maximum Gasteiger partial charge on any atom is 0.263 e. The molecule has 0 amide bonds. The highest BCUT2D eigenvalue weighted by Crippen LogP contribution is 2.23. The van der Waals surface area contributed by atoms with Crippen LogP contribution in [0.2, 0.25) is 5.02 Å². The summed E-state index contributed by atoms with van der Waals surface area (Å²) in [7, 11) is -3.72. The lowest BCUT2D eigenvalue weighted by Crippen LogP contribution is -2.13. The number of aromatic nitrogens is 2. The highest BCUT2D eigenvalue weighted by molar-refractivity contribution is 7.92. The molecule has 0 aliphatic carbocycles. The van der Waals surface area contributed by atoms with Gasteiger partial charge in [0.15, 0.2) is 0 Å². The van der Waals surface area contributed by atoms with Crippen molar-refractivity contribution in [2.24, 2.45) is 0 Å². The van der Waals surface area contributed by atoms with E-state index >= 15 is 0 Å². The molecule has 0 spiro atoms. The first-order valence-electron chi connectivity index (χ1n) is 5.85. The molecule has 0 radical (unpaired) electrons. The Hall–Kier alpha value is -1.86. The lowest BCUT2D eigenvalue weighted by Gasteiger charge is -2.09. The molecule has 0 bridgehead atoms. The van der Waals surface area contributed by atoms with Gasteiger partial charge < -0.3 is 5.32 Å². The number of pyridine rings is 2. The highest BCUT2D eigenvalue weighted by Gasteiger charge is 2.16. The van der Waals surface area contributed by atoms with Gasteiger partial charge in [-0.1, -0.05) is 11.6 Å². The van der Waals surface area contributed by atoms with Gasteiger partial charge in [0.05, 0.1) is 10.7 Å². The van der Waals surface area contributed by atoms with Crippen LogP contribution in [0, 0.1) is 0 Å². The lowest BCUT2D eigenvalue weighted by atomic mass is 10.4. The van der Waals surface area contributed by atoms with Crippen molar-refractivity contribution in [3.8, 4) is 0 Å². The van der Waals surface area contributed by atoms with Crippen LogP contribution in [0.3, 0.4) is 0 Å². The number of halogens is 1. The molecule has 2 heterocycles. The van der Waals surface area contributed by atoms with E-state index in [-0.39, 0.29) is 9.92 Å². The standard InChI is InChI=1S/C12H13ClN4O2S/c1-2-15-12-11(13)7-10(8-16-12)20(18,19)17-9-3-5-14-6-4-9/h3-8H,2H2,1H3,(H,14,17)(H,15,16). The summed E-state index contributed by atoms with van der Waals surface area (Å²) in [6.45, 7) is 2.54. The Kier molecular flexibility index (Phi) is 4.41. The molecule has 0 unspecified atom stereocenters. The first-order valence-corrected chi connectivity index (χ1v) is 7.71. The first kappa shape index (κ1) is 14.5. The molecule has 0 aromatic carbocycles. The quantitative estimate of drug-likeness (QED) is 0.885. The number of sulfonamides is 1. The summed E-state index contributed by atoms with van der Waals surface area (Å²) in [5.74, 6) is 0.456. The molecule has 2 aromatic rings. The minimum Gasteiger partial charge on any atom is -0.369 e. The minimum atomic E-state index is -3.72. The predicted octanol–water partition coefficient (Wildman–Crippen LogP) is 2.36. The Morgan fingerprint density at radius 1 is 1.30 bits per heavy atom.